The average molecular weight is 409 g/mol. The molecule has 7 nitrogen and oxygen atoms in total. The van der Waals surface area contributed by atoms with Crippen molar-refractivity contribution in [3.8, 4) is 5.82 Å². The predicted octanol–water partition coefficient (Wildman–Crippen LogP) is 3.85. The molecule has 1 atom stereocenters. The van der Waals surface area contributed by atoms with Gasteiger partial charge in [-0.1, -0.05) is 24.2 Å². The van der Waals surface area contributed by atoms with Crippen molar-refractivity contribution in [1.82, 2.24) is 20.4 Å². The molecule has 3 aromatic rings. The first-order chi connectivity index (χ1) is 14.3. The average Bonchev–Trinajstić information content (AvgIpc) is 3.28. The van der Waals surface area contributed by atoms with E-state index in [4.69, 9.17) is 4.52 Å². The van der Waals surface area contributed by atoms with Gasteiger partial charge < -0.3 is 15.2 Å². The van der Waals surface area contributed by atoms with Crippen molar-refractivity contribution >= 4 is 11.8 Å². The van der Waals surface area contributed by atoms with Crippen molar-refractivity contribution in [2.75, 3.05) is 0 Å². The lowest BCUT2D eigenvalue weighted by Gasteiger charge is -2.12. The van der Waals surface area contributed by atoms with E-state index in [1.807, 2.05) is 63.5 Å². The van der Waals surface area contributed by atoms with Gasteiger partial charge in [0.05, 0.1) is 5.56 Å². The van der Waals surface area contributed by atoms with Gasteiger partial charge in [-0.05, 0) is 57.9 Å². The molecule has 1 unspecified atom stereocenters. The Labute approximate surface area is 176 Å². The molecule has 2 N–H and O–H groups in total. The van der Waals surface area contributed by atoms with Gasteiger partial charge in [-0.3, -0.25) is 14.2 Å². The van der Waals surface area contributed by atoms with Gasteiger partial charge in [0.15, 0.2) is 5.82 Å². The molecule has 0 saturated heterocycles. The lowest BCUT2D eigenvalue weighted by Crippen LogP contribution is -2.32. The molecular formula is C23H28N4O3. The number of nitrogens with zero attached hydrogens (tertiary/aromatic N) is 2. The molecule has 7 heteroatoms. The monoisotopic (exact) mass is 408 g/mol. The van der Waals surface area contributed by atoms with Gasteiger partial charge >= 0.3 is 0 Å². The van der Waals surface area contributed by atoms with Crippen molar-refractivity contribution in [3.05, 3.63) is 70.2 Å². The molecule has 1 aromatic carbocycles. The van der Waals surface area contributed by atoms with Crippen LogP contribution in [0.3, 0.4) is 0 Å². The molecule has 30 heavy (non-hydrogen) atoms. The number of hydrogen-bond acceptors (Lipinski definition) is 4. The lowest BCUT2D eigenvalue weighted by molar-refractivity contribution is 0.0936. The van der Waals surface area contributed by atoms with Gasteiger partial charge in [0.1, 0.15) is 5.76 Å². The summed E-state index contributed by atoms with van der Waals surface area (Å²) in [5.74, 6) is 1.08. The van der Waals surface area contributed by atoms with E-state index in [0.717, 1.165) is 23.4 Å². The van der Waals surface area contributed by atoms with Crippen LogP contribution in [0.15, 0.2) is 40.9 Å². The number of hydrogen-bond donors (Lipinski definition) is 2. The summed E-state index contributed by atoms with van der Waals surface area (Å²) in [6.45, 7) is 9.96. The van der Waals surface area contributed by atoms with Crippen LogP contribution in [0.1, 0.15) is 63.7 Å². The zero-order valence-electron chi connectivity index (χ0n) is 18.1. The summed E-state index contributed by atoms with van der Waals surface area (Å²) in [6.07, 6.45) is 0.869. The summed E-state index contributed by atoms with van der Waals surface area (Å²) in [6, 6.07) is 11.1. The Balaban J connectivity index is 1.71. The molecule has 0 bridgehead atoms. The van der Waals surface area contributed by atoms with E-state index >= 15 is 0 Å². The molecule has 3 rings (SSSR count). The van der Waals surface area contributed by atoms with Crippen LogP contribution in [-0.4, -0.2) is 27.6 Å². The number of nitrogens with one attached hydrogen (secondary N) is 2. The van der Waals surface area contributed by atoms with Crippen LogP contribution in [0.2, 0.25) is 0 Å². The van der Waals surface area contributed by atoms with Crippen LogP contribution < -0.4 is 10.6 Å². The zero-order chi connectivity index (χ0) is 21.8. The summed E-state index contributed by atoms with van der Waals surface area (Å²) in [7, 11) is 0. The smallest absolute Gasteiger partial charge is 0.253 e. The highest BCUT2D eigenvalue weighted by Gasteiger charge is 2.18. The number of aromatic nitrogens is 2. The minimum atomic E-state index is -0.177. The van der Waals surface area contributed by atoms with Gasteiger partial charge in [0.25, 0.3) is 11.8 Å². The summed E-state index contributed by atoms with van der Waals surface area (Å²) >= 11 is 0. The van der Waals surface area contributed by atoms with Crippen LogP contribution in [0.25, 0.3) is 5.82 Å². The zero-order valence-corrected chi connectivity index (χ0v) is 18.1. The maximum Gasteiger partial charge on any atom is 0.253 e. The Kier molecular flexibility index (Phi) is 6.40. The Bertz CT molecular complexity index is 1060. The number of benzene rings is 1. The highest BCUT2D eigenvalue weighted by Crippen LogP contribution is 2.20. The third kappa shape index (κ3) is 4.62. The summed E-state index contributed by atoms with van der Waals surface area (Å²) in [5.41, 5.74) is 3.72. The van der Waals surface area contributed by atoms with E-state index < -0.39 is 0 Å². The quantitative estimate of drug-likeness (QED) is 0.621. The Morgan fingerprint density at radius 2 is 1.90 bits per heavy atom. The molecule has 0 saturated carbocycles. The topological polar surface area (TPSA) is 89.2 Å². The molecular weight excluding hydrogens is 380 g/mol. The summed E-state index contributed by atoms with van der Waals surface area (Å²) < 4.78 is 7.06. The fourth-order valence-electron chi connectivity index (χ4n) is 3.31. The fourth-order valence-corrected chi connectivity index (χ4v) is 3.31. The molecule has 2 amide bonds. The van der Waals surface area contributed by atoms with Crippen LogP contribution in [0.5, 0.6) is 0 Å². The SMILES string of the molecule is CCC(C)NC(=O)c1cccc(CNC(=O)c2cc(C)n(-c3cc(C)on3)c2C)c1. The van der Waals surface area contributed by atoms with E-state index in [2.05, 4.69) is 15.8 Å². The van der Waals surface area contributed by atoms with E-state index in [0.29, 0.717) is 29.2 Å². The molecule has 0 aliphatic carbocycles. The third-order valence-electron chi connectivity index (χ3n) is 5.15. The van der Waals surface area contributed by atoms with E-state index in [9.17, 15) is 9.59 Å². The maximum absolute atomic E-state index is 12.8. The van der Waals surface area contributed by atoms with E-state index in [1.54, 1.807) is 12.1 Å². The van der Waals surface area contributed by atoms with Gasteiger partial charge in [-0.2, -0.15) is 0 Å². The third-order valence-corrected chi connectivity index (χ3v) is 5.15. The maximum atomic E-state index is 12.8. The number of aryl methyl sites for hydroxylation is 2. The molecule has 2 aromatic heterocycles. The van der Waals surface area contributed by atoms with Crippen LogP contribution in [-0.2, 0) is 6.54 Å². The van der Waals surface area contributed by atoms with Crippen LogP contribution in [0, 0.1) is 20.8 Å². The second-order valence-corrected chi connectivity index (χ2v) is 7.58. The fraction of sp³-hybridized carbons (Fsp3) is 0.348. The standard InChI is InChI=1S/C23H28N4O3/c1-6-14(2)25-22(28)19-9-7-8-18(12-19)13-24-23(29)20-10-15(3)27(17(20)5)21-11-16(4)30-26-21/h7-12,14H,6,13H2,1-5H3,(H,24,29)(H,25,28). The number of amides is 2. The molecule has 0 aliphatic heterocycles. The van der Waals surface area contributed by atoms with Gasteiger partial charge in [-0.25, -0.2) is 0 Å². The van der Waals surface area contributed by atoms with Gasteiger partial charge in [0.2, 0.25) is 0 Å². The summed E-state index contributed by atoms with van der Waals surface area (Å²) in [5, 5.41) is 9.94. The van der Waals surface area contributed by atoms with E-state index in [-0.39, 0.29) is 17.9 Å². The largest absolute Gasteiger partial charge is 0.360 e. The van der Waals surface area contributed by atoms with E-state index in [1.165, 1.54) is 0 Å². The first-order valence-corrected chi connectivity index (χ1v) is 10.1. The van der Waals surface area contributed by atoms with Gasteiger partial charge in [-0.15, -0.1) is 0 Å². The Hall–Kier alpha value is -3.35. The van der Waals surface area contributed by atoms with Crippen molar-refractivity contribution in [2.24, 2.45) is 0 Å². The second kappa shape index (κ2) is 8.98. The van der Waals surface area contributed by atoms with Crippen molar-refractivity contribution < 1.29 is 14.1 Å². The second-order valence-electron chi connectivity index (χ2n) is 7.58. The molecule has 2 heterocycles. The van der Waals surface area contributed by atoms with Crippen molar-refractivity contribution in [3.63, 3.8) is 0 Å². The Morgan fingerprint density at radius 1 is 1.13 bits per heavy atom. The minimum absolute atomic E-state index is 0.107. The normalized spacial score (nSPS) is 11.9. The highest BCUT2D eigenvalue weighted by molar-refractivity contribution is 5.96. The first kappa shape index (κ1) is 21.4. The lowest BCUT2D eigenvalue weighted by atomic mass is 10.1. The van der Waals surface area contributed by atoms with Crippen LogP contribution in [0.4, 0.5) is 0 Å². The molecule has 0 radical (unpaired) electrons. The predicted molar refractivity (Wildman–Crippen MR) is 115 cm³/mol. The van der Waals surface area contributed by atoms with Gasteiger partial charge in [0, 0.05) is 35.6 Å². The number of carbonyl (C=O) groups is 2. The Morgan fingerprint density at radius 3 is 2.57 bits per heavy atom. The van der Waals surface area contributed by atoms with Crippen molar-refractivity contribution in [1.29, 1.82) is 0 Å². The number of rotatable bonds is 7. The highest BCUT2D eigenvalue weighted by atomic mass is 16.5. The van der Waals surface area contributed by atoms with Crippen molar-refractivity contribution in [2.45, 2.75) is 53.6 Å². The molecule has 0 aliphatic rings. The molecule has 0 spiro atoms. The molecule has 158 valence electrons. The first-order valence-electron chi connectivity index (χ1n) is 10.1. The number of carbonyl (C=O) groups excluding carboxylic acids is 2. The summed E-state index contributed by atoms with van der Waals surface area (Å²) in [4.78, 5) is 25.1. The molecule has 0 fully saturated rings. The van der Waals surface area contributed by atoms with Crippen LogP contribution >= 0.6 is 0 Å². The minimum Gasteiger partial charge on any atom is -0.360 e.